The third kappa shape index (κ3) is 4.83. The Kier molecular flexibility index (Phi) is 6.82. The Morgan fingerprint density at radius 3 is 2.58 bits per heavy atom. The molecule has 0 saturated carbocycles. The van der Waals surface area contributed by atoms with Crippen molar-refractivity contribution < 1.29 is 14.3 Å². The van der Waals surface area contributed by atoms with Gasteiger partial charge in [0.05, 0.1) is 19.8 Å². The predicted molar refractivity (Wildman–Crippen MR) is 95.3 cm³/mol. The van der Waals surface area contributed by atoms with E-state index in [0.29, 0.717) is 18.8 Å². The van der Waals surface area contributed by atoms with Crippen LogP contribution in [0.2, 0.25) is 0 Å². The summed E-state index contributed by atoms with van der Waals surface area (Å²) < 4.78 is 10.9. The predicted octanol–water partition coefficient (Wildman–Crippen LogP) is 4.11. The van der Waals surface area contributed by atoms with Gasteiger partial charge in [-0.3, -0.25) is 4.79 Å². The van der Waals surface area contributed by atoms with Gasteiger partial charge in [0, 0.05) is 17.7 Å². The molecule has 4 nitrogen and oxygen atoms in total. The van der Waals surface area contributed by atoms with Crippen molar-refractivity contribution in [1.82, 2.24) is 5.32 Å². The molecule has 0 unspecified atom stereocenters. The van der Waals surface area contributed by atoms with Crippen LogP contribution in [-0.4, -0.2) is 19.6 Å². The number of methoxy groups -OCH3 is 1. The Morgan fingerprint density at radius 2 is 1.92 bits per heavy atom. The van der Waals surface area contributed by atoms with Crippen molar-refractivity contribution in [3.05, 3.63) is 65.2 Å². The zero-order chi connectivity index (χ0) is 17.4. The van der Waals surface area contributed by atoms with E-state index in [9.17, 15) is 4.79 Å². The van der Waals surface area contributed by atoms with E-state index in [1.54, 1.807) is 13.2 Å². The molecule has 0 fully saturated rings. The highest BCUT2D eigenvalue weighted by molar-refractivity contribution is 5.94. The first-order valence-electron chi connectivity index (χ1n) is 8.26. The molecule has 1 atom stereocenters. The van der Waals surface area contributed by atoms with E-state index in [2.05, 4.69) is 12.2 Å². The lowest BCUT2D eigenvalue weighted by Gasteiger charge is -2.15. The molecular weight excluding hydrogens is 302 g/mol. The minimum atomic E-state index is -0.106. The van der Waals surface area contributed by atoms with E-state index >= 15 is 0 Å². The van der Waals surface area contributed by atoms with Crippen molar-refractivity contribution in [2.45, 2.75) is 32.9 Å². The number of hydrogen-bond acceptors (Lipinski definition) is 3. The Bertz CT molecular complexity index is 655. The minimum absolute atomic E-state index is 0.0550. The van der Waals surface area contributed by atoms with Gasteiger partial charge in [0.1, 0.15) is 5.75 Å². The fourth-order valence-electron chi connectivity index (χ4n) is 2.46. The maximum absolute atomic E-state index is 12.5. The van der Waals surface area contributed by atoms with E-state index in [-0.39, 0.29) is 11.9 Å². The summed E-state index contributed by atoms with van der Waals surface area (Å²) in [5, 5.41) is 3.02. The average Bonchev–Trinajstić information content (AvgIpc) is 2.62. The van der Waals surface area contributed by atoms with E-state index in [4.69, 9.17) is 9.47 Å². The molecule has 0 radical (unpaired) electrons. The third-order valence-corrected chi connectivity index (χ3v) is 3.80. The van der Waals surface area contributed by atoms with Gasteiger partial charge in [0.2, 0.25) is 0 Å². The van der Waals surface area contributed by atoms with Gasteiger partial charge in [-0.25, -0.2) is 0 Å². The van der Waals surface area contributed by atoms with Crippen LogP contribution < -0.4 is 10.1 Å². The van der Waals surface area contributed by atoms with Crippen LogP contribution in [0.4, 0.5) is 0 Å². The molecule has 0 aliphatic rings. The first-order valence-corrected chi connectivity index (χ1v) is 8.26. The number of rotatable bonds is 8. The lowest BCUT2D eigenvalue weighted by molar-refractivity contribution is 0.0939. The monoisotopic (exact) mass is 327 g/mol. The lowest BCUT2D eigenvalue weighted by atomic mass is 10.1. The molecule has 0 bridgehead atoms. The van der Waals surface area contributed by atoms with E-state index in [1.165, 1.54) is 0 Å². The van der Waals surface area contributed by atoms with Crippen LogP contribution in [0.1, 0.15) is 47.8 Å². The zero-order valence-electron chi connectivity index (χ0n) is 14.5. The molecule has 1 N–H and O–H groups in total. The zero-order valence-corrected chi connectivity index (χ0v) is 14.5. The minimum Gasteiger partial charge on any atom is -0.496 e. The summed E-state index contributed by atoms with van der Waals surface area (Å²) >= 11 is 0. The number of carbonyl (C=O) groups excluding carboxylic acids is 1. The highest BCUT2D eigenvalue weighted by Gasteiger charge is 2.13. The highest BCUT2D eigenvalue weighted by atomic mass is 16.5. The summed E-state index contributed by atoms with van der Waals surface area (Å²) in [6.45, 7) is 5.16. The molecular formula is C20H25NO3. The maximum Gasteiger partial charge on any atom is 0.251 e. The van der Waals surface area contributed by atoms with Gasteiger partial charge in [0.25, 0.3) is 5.91 Å². The fraction of sp³-hybridized carbons (Fsp3) is 0.350. The van der Waals surface area contributed by atoms with E-state index in [0.717, 1.165) is 23.3 Å². The van der Waals surface area contributed by atoms with Gasteiger partial charge in [0.15, 0.2) is 0 Å². The highest BCUT2D eigenvalue weighted by Crippen LogP contribution is 2.21. The normalized spacial score (nSPS) is 11.8. The molecule has 0 aliphatic heterocycles. The fourth-order valence-corrected chi connectivity index (χ4v) is 2.46. The van der Waals surface area contributed by atoms with Crippen LogP contribution in [0.3, 0.4) is 0 Å². The molecule has 2 rings (SSSR count). The summed E-state index contributed by atoms with van der Waals surface area (Å²) in [5.41, 5.74) is 2.56. The smallest absolute Gasteiger partial charge is 0.251 e. The van der Waals surface area contributed by atoms with Crippen molar-refractivity contribution in [2.75, 3.05) is 13.7 Å². The van der Waals surface area contributed by atoms with Crippen LogP contribution in [-0.2, 0) is 11.3 Å². The number of nitrogens with one attached hydrogen (secondary N) is 1. The quantitative estimate of drug-likeness (QED) is 0.742. The standard InChI is InChI=1S/C20H25NO3/c1-4-12-24-14-18-13-17(10-11-19(18)23-3)20(22)21-15(2)16-8-6-5-7-9-16/h5-11,13,15H,4,12,14H2,1-3H3,(H,21,22)/t15-/m0/s1. The van der Waals surface area contributed by atoms with Crippen molar-refractivity contribution in [3.63, 3.8) is 0 Å². The molecule has 2 aromatic rings. The van der Waals surface area contributed by atoms with Gasteiger partial charge in [-0.1, -0.05) is 37.3 Å². The van der Waals surface area contributed by atoms with Crippen LogP contribution in [0.15, 0.2) is 48.5 Å². The SMILES string of the molecule is CCCOCc1cc(C(=O)N[C@@H](C)c2ccccc2)ccc1OC. The number of ether oxygens (including phenoxy) is 2. The van der Waals surface area contributed by atoms with Crippen LogP contribution in [0.5, 0.6) is 5.75 Å². The topological polar surface area (TPSA) is 47.6 Å². The van der Waals surface area contributed by atoms with Crippen LogP contribution in [0.25, 0.3) is 0 Å². The van der Waals surface area contributed by atoms with Crippen molar-refractivity contribution >= 4 is 5.91 Å². The molecule has 0 heterocycles. The molecule has 2 aromatic carbocycles. The molecule has 0 aromatic heterocycles. The number of amides is 1. The van der Waals surface area contributed by atoms with Crippen molar-refractivity contribution in [3.8, 4) is 5.75 Å². The average molecular weight is 327 g/mol. The number of hydrogen-bond donors (Lipinski definition) is 1. The number of benzene rings is 2. The summed E-state index contributed by atoms with van der Waals surface area (Å²) in [4.78, 5) is 12.5. The Labute approximate surface area is 143 Å². The second-order valence-electron chi connectivity index (χ2n) is 5.69. The van der Waals surface area contributed by atoms with Crippen molar-refractivity contribution in [1.29, 1.82) is 0 Å². The van der Waals surface area contributed by atoms with Gasteiger partial charge in [-0.15, -0.1) is 0 Å². The summed E-state index contributed by atoms with van der Waals surface area (Å²) in [5.74, 6) is 0.629. The molecule has 4 heteroatoms. The van der Waals surface area contributed by atoms with Crippen molar-refractivity contribution in [2.24, 2.45) is 0 Å². The lowest BCUT2D eigenvalue weighted by Crippen LogP contribution is -2.26. The Balaban J connectivity index is 2.09. The second kappa shape index (κ2) is 9.08. The van der Waals surface area contributed by atoms with Gasteiger partial charge in [-0.2, -0.15) is 0 Å². The number of carbonyl (C=O) groups is 1. The largest absolute Gasteiger partial charge is 0.496 e. The molecule has 1 amide bonds. The molecule has 0 aliphatic carbocycles. The first kappa shape index (κ1) is 18.0. The van der Waals surface area contributed by atoms with Crippen LogP contribution in [0, 0.1) is 0 Å². The van der Waals surface area contributed by atoms with Gasteiger partial charge < -0.3 is 14.8 Å². The molecule has 0 saturated heterocycles. The second-order valence-corrected chi connectivity index (χ2v) is 5.69. The summed E-state index contributed by atoms with van der Waals surface area (Å²) in [7, 11) is 1.62. The maximum atomic E-state index is 12.5. The Morgan fingerprint density at radius 1 is 1.17 bits per heavy atom. The van der Waals surface area contributed by atoms with E-state index in [1.807, 2.05) is 49.4 Å². The summed E-state index contributed by atoms with van der Waals surface area (Å²) in [6.07, 6.45) is 0.955. The van der Waals surface area contributed by atoms with Gasteiger partial charge in [-0.05, 0) is 37.1 Å². The molecule has 128 valence electrons. The first-order chi connectivity index (χ1) is 11.7. The van der Waals surface area contributed by atoms with Gasteiger partial charge >= 0.3 is 0 Å². The summed E-state index contributed by atoms with van der Waals surface area (Å²) in [6, 6.07) is 15.3. The van der Waals surface area contributed by atoms with Crippen LogP contribution >= 0.6 is 0 Å². The van der Waals surface area contributed by atoms with E-state index < -0.39 is 0 Å². The Hall–Kier alpha value is -2.33. The molecule has 24 heavy (non-hydrogen) atoms. The molecule has 0 spiro atoms. The third-order valence-electron chi connectivity index (χ3n) is 3.80.